The lowest BCUT2D eigenvalue weighted by Crippen LogP contribution is -2.58. The first kappa shape index (κ1) is 32.9. The molecule has 250 valence electrons. The number of carbonyl (C=O) groups is 8. The third kappa shape index (κ3) is 5.00. The van der Waals surface area contributed by atoms with Crippen LogP contribution in [0.4, 0.5) is 0 Å². The molecule has 0 aromatic heterocycles. The van der Waals surface area contributed by atoms with Crippen LogP contribution >= 0.6 is 0 Å². The zero-order chi connectivity index (χ0) is 35.4. The molecular formula is C36H32N4O9. The molecule has 49 heavy (non-hydrogen) atoms. The molecule has 0 saturated carbocycles. The number of amides is 8. The maximum Gasteiger partial charge on any atom is 0.262 e. The number of hydrogen-bond acceptors (Lipinski definition) is 9. The highest BCUT2D eigenvalue weighted by molar-refractivity contribution is 6.23. The van der Waals surface area contributed by atoms with E-state index in [1.54, 1.807) is 20.8 Å². The monoisotopic (exact) mass is 664 g/mol. The number of carbonyl (C=O) groups excluding carboxylic acids is 8. The summed E-state index contributed by atoms with van der Waals surface area (Å²) in [4.78, 5) is 108. The van der Waals surface area contributed by atoms with Crippen molar-refractivity contribution in [3.63, 3.8) is 0 Å². The second kappa shape index (κ2) is 11.9. The smallest absolute Gasteiger partial charge is 0.262 e. The number of imide groups is 4. The Bertz CT molecular complexity index is 1940. The minimum absolute atomic E-state index is 0.0360. The number of ether oxygens (including phenoxy) is 1. The van der Waals surface area contributed by atoms with Gasteiger partial charge in [0, 0.05) is 24.3 Å². The number of benzene rings is 2. The zero-order valence-electron chi connectivity index (χ0n) is 27.1. The number of rotatable bonds is 12. The first-order chi connectivity index (χ1) is 23.3. The number of nitrogens with zero attached hydrogens (tertiary/aromatic N) is 4. The average molecular weight is 665 g/mol. The molecule has 1 unspecified atom stereocenters. The van der Waals surface area contributed by atoms with Crippen LogP contribution in [0.5, 0.6) is 11.5 Å². The van der Waals surface area contributed by atoms with Gasteiger partial charge in [0.25, 0.3) is 47.3 Å². The van der Waals surface area contributed by atoms with Crippen LogP contribution in [-0.2, 0) is 19.2 Å². The summed E-state index contributed by atoms with van der Waals surface area (Å²) >= 11 is 0. The standard InChI is InChI=1S/C36H32N4O9/c1-5-35(6-2,39-29(43)15-16-30(39)44)20-38-31(45)23-11-9-21(17-25(23)32(38)46)49-22-10-12-24-26(18-22)34(48)40(33(24)47)36(7-3,8-4)19-37-27(41)13-14-28(37)42/h7,9-18H,3,5-6,8,19-20H2,1-2,4H3. The second-order valence-corrected chi connectivity index (χ2v) is 12.2. The lowest BCUT2D eigenvalue weighted by atomic mass is 9.89. The van der Waals surface area contributed by atoms with Gasteiger partial charge in [-0.2, -0.15) is 0 Å². The lowest BCUT2D eigenvalue weighted by Gasteiger charge is -2.41. The molecule has 0 bridgehead atoms. The molecule has 0 fully saturated rings. The lowest BCUT2D eigenvalue weighted by molar-refractivity contribution is -0.145. The van der Waals surface area contributed by atoms with Crippen LogP contribution < -0.4 is 4.74 Å². The Morgan fingerprint density at radius 2 is 1.04 bits per heavy atom. The fraction of sp³-hybridized carbons (Fsp3) is 0.278. The van der Waals surface area contributed by atoms with Crippen molar-refractivity contribution in [2.75, 3.05) is 13.1 Å². The maximum atomic E-state index is 13.7. The molecule has 0 radical (unpaired) electrons. The van der Waals surface area contributed by atoms with Gasteiger partial charge in [-0.1, -0.05) is 26.8 Å². The fourth-order valence-corrected chi connectivity index (χ4v) is 6.83. The van der Waals surface area contributed by atoms with Gasteiger partial charge in [0.05, 0.1) is 46.4 Å². The SMILES string of the molecule is C=CC(CC)(CN1C(=O)C=CC1=O)N1C(=O)c2ccc(Oc3ccc4c(c3)C(=O)N(CC(CC)(CC)N3C(=O)C=CC3=O)C4=O)cc2C1=O. The topological polar surface area (TPSA) is 159 Å². The largest absolute Gasteiger partial charge is 0.457 e. The summed E-state index contributed by atoms with van der Waals surface area (Å²) in [5.41, 5.74) is -2.13. The van der Waals surface area contributed by atoms with Crippen LogP contribution in [0.1, 0.15) is 81.5 Å². The second-order valence-electron chi connectivity index (χ2n) is 12.2. The first-order valence-electron chi connectivity index (χ1n) is 15.8. The summed E-state index contributed by atoms with van der Waals surface area (Å²) in [6, 6.07) is 8.62. The van der Waals surface area contributed by atoms with Gasteiger partial charge in [-0.05, 0) is 55.7 Å². The molecule has 1 atom stereocenters. The highest BCUT2D eigenvalue weighted by Gasteiger charge is 2.50. The summed E-state index contributed by atoms with van der Waals surface area (Å²) in [5.74, 6) is -4.24. The Balaban J connectivity index is 1.23. The van der Waals surface area contributed by atoms with Crippen LogP contribution in [0.15, 0.2) is 73.4 Å². The molecule has 2 aromatic carbocycles. The number of fused-ring (bicyclic) bond motifs is 2. The van der Waals surface area contributed by atoms with Gasteiger partial charge in [0.2, 0.25) is 0 Å². The maximum absolute atomic E-state index is 13.7. The van der Waals surface area contributed by atoms with E-state index in [-0.39, 0.29) is 53.3 Å². The van der Waals surface area contributed by atoms with Gasteiger partial charge >= 0.3 is 0 Å². The molecule has 0 saturated heterocycles. The Hall–Kier alpha value is -5.98. The van der Waals surface area contributed by atoms with Crippen LogP contribution in [0.25, 0.3) is 0 Å². The van der Waals surface area contributed by atoms with Crippen molar-refractivity contribution in [2.24, 2.45) is 0 Å². The van der Waals surface area contributed by atoms with Crippen LogP contribution in [-0.4, -0.2) is 91.0 Å². The molecular weight excluding hydrogens is 632 g/mol. The third-order valence-corrected chi connectivity index (χ3v) is 9.86. The van der Waals surface area contributed by atoms with Crippen LogP contribution in [0.2, 0.25) is 0 Å². The van der Waals surface area contributed by atoms with Crippen molar-refractivity contribution in [3.8, 4) is 11.5 Å². The van der Waals surface area contributed by atoms with E-state index in [0.29, 0.717) is 12.8 Å². The highest BCUT2D eigenvalue weighted by Crippen LogP contribution is 2.38. The van der Waals surface area contributed by atoms with Gasteiger partial charge in [-0.15, -0.1) is 6.58 Å². The van der Waals surface area contributed by atoms with Gasteiger partial charge < -0.3 is 4.74 Å². The Labute approximate surface area is 281 Å². The third-order valence-electron chi connectivity index (χ3n) is 9.86. The van der Waals surface area contributed by atoms with E-state index < -0.39 is 58.3 Å². The first-order valence-corrected chi connectivity index (χ1v) is 15.8. The quantitative estimate of drug-likeness (QED) is 0.245. The number of hydrogen-bond donors (Lipinski definition) is 0. The van der Waals surface area contributed by atoms with E-state index in [1.165, 1.54) is 54.6 Å². The summed E-state index contributed by atoms with van der Waals surface area (Å²) in [6.07, 6.45) is 6.80. The molecule has 8 amide bonds. The van der Waals surface area contributed by atoms with Crippen molar-refractivity contribution in [2.45, 2.75) is 51.1 Å². The predicted octanol–water partition coefficient (Wildman–Crippen LogP) is 3.41. The van der Waals surface area contributed by atoms with Crippen molar-refractivity contribution in [1.82, 2.24) is 19.6 Å². The van der Waals surface area contributed by atoms with E-state index in [4.69, 9.17) is 4.74 Å². The summed E-state index contributed by atoms with van der Waals surface area (Å²) in [5, 5.41) is 0. The van der Waals surface area contributed by atoms with Gasteiger partial charge in [0.15, 0.2) is 0 Å². The molecule has 0 aliphatic carbocycles. The summed E-state index contributed by atoms with van der Waals surface area (Å²) in [7, 11) is 0. The Morgan fingerprint density at radius 1 is 0.571 bits per heavy atom. The van der Waals surface area contributed by atoms with Crippen molar-refractivity contribution < 1.29 is 43.1 Å². The average Bonchev–Trinajstić information content (AvgIpc) is 3.76. The predicted molar refractivity (Wildman–Crippen MR) is 172 cm³/mol. The minimum atomic E-state index is -1.37. The molecule has 13 nitrogen and oxygen atoms in total. The zero-order valence-corrected chi connectivity index (χ0v) is 27.1. The van der Waals surface area contributed by atoms with E-state index in [1.807, 2.05) is 0 Å². The van der Waals surface area contributed by atoms with E-state index in [2.05, 4.69) is 6.58 Å². The normalized spacial score (nSPS) is 18.3. The molecule has 4 aliphatic rings. The molecule has 6 rings (SSSR count). The molecule has 4 heterocycles. The van der Waals surface area contributed by atoms with Crippen molar-refractivity contribution >= 4 is 47.3 Å². The molecule has 2 aromatic rings. The summed E-state index contributed by atoms with van der Waals surface area (Å²) in [6.45, 7) is 8.66. The van der Waals surface area contributed by atoms with Crippen LogP contribution in [0, 0.1) is 0 Å². The molecule has 0 N–H and O–H groups in total. The van der Waals surface area contributed by atoms with E-state index >= 15 is 0 Å². The molecule has 0 spiro atoms. The molecule has 4 aliphatic heterocycles. The van der Waals surface area contributed by atoms with Crippen molar-refractivity contribution in [1.29, 1.82) is 0 Å². The van der Waals surface area contributed by atoms with E-state index in [0.717, 1.165) is 31.8 Å². The van der Waals surface area contributed by atoms with E-state index in [9.17, 15) is 38.4 Å². The molecule has 13 heteroatoms. The minimum Gasteiger partial charge on any atom is -0.457 e. The summed E-state index contributed by atoms with van der Waals surface area (Å²) < 4.78 is 6.00. The Morgan fingerprint density at radius 3 is 1.55 bits per heavy atom. The van der Waals surface area contributed by atoms with Crippen molar-refractivity contribution in [3.05, 3.63) is 95.6 Å². The fourth-order valence-electron chi connectivity index (χ4n) is 6.83. The van der Waals surface area contributed by atoms with Gasteiger partial charge in [0.1, 0.15) is 11.5 Å². The Kier molecular flexibility index (Phi) is 8.01. The highest BCUT2D eigenvalue weighted by atomic mass is 16.5. The van der Waals surface area contributed by atoms with Gasteiger partial charge in [-0.3, -0.25) is 58.0 Å². The van der Waals surface area contributed by atoms with Gasteiger partial charge in [-0.25, -0.2) is 0 Å². The van der Waals surface area contributed by atoms with Crippen LogP contribution in [0.3, 0.4) is 0 Å².